The van der Waals surface area contributed by atoms with Crippen LogP contribution in [0.2, 0.25) is 0 Å². The lowest BCUT2D eigenvalue weighted by atomic mass is 9.87. The van der Waals surface area contributed by atoms with E-state index in [1.165, 1.54) is 11.1 Å². The maximum absolute atomic E-state index is 12.5. The molecule has 2 aliphatic rings. The number of fused-ring (bicyclic) bond motifs is 1. The average Bonchev–Trinajstić information content (AvgIpc) is 2.96. The van der Waals surface area contributed by atoms with Crippen molar-refractivity contribution in [1.29, 1.82) is 0 Å². The minimum absolute atomic E-state index is 0.133. The van der Waals surface area contributed by atoms with Gasteiger partial charge in [-0.05, 0) is 55.7 Å². The van der Waals surface area contributed by atoms with Crippen LogP contribution < -0.4 is 11.1 Å². The standard InChI is InChI=1S/C17H24N2O/c18-11-13-7-3-9-15(13)17(20)19-16-10-4-6-12-5-1-2-8-14(12)16/h1-2,5,8,13,15-16H,3-4,6-7,9-11,18H2,(H,19,20). The summed E-state index contributed by atoms with van der Waals surface area (Å²) in [5, 5.41) is 3.29. The third kappa shape index (κ3) is 2.59. The predicted molar refractivity (Wildman–Crippen MR) is 80.1 cm³/mol. The van der Waals surface area contributed by atoms with Gasteiger partial charge in [0.2, 0.25) is 5.91 Å². The number of hydrogen-bond acceptors (Lipinski definition) is 2. The van der Waals surface area contributed by atoms with Crippen molar-refractivity contribution in [3.05, 3.63) is 35.4 Å². The van der Waals surface area contributed by atoms with E-state index < -0.39 is 0 Å². The van der Waals surface area contributed by atoms with Crippen LogP contribution in [0.3, 0.4) is 0 Å². The Morgan fingerprint density at radius 3 is 2.90 bits per heavy atom. The summed E-state index contributed by atoms with van der Waals surface area (Å²) in [6.07, 6.45) is 6.60. The highest BCUT2D eigenvalue weighted by Crippen LogP contribution is 2.34. The first-order chi connectivity index (χ1) is 9.79. The molecule has 3 unspecified atom stereocenters. The molecule has 108 valence electrons. The van der Waals surface area contributed by atoms with Gasteiger partial charge < -0.3 is 11.1 Å². The Hall–Kier alpha value is -1.35. The summed E-state index contributed by atoms with van der Waals surface area (Å²) < 4.78 is 0. The molecule has 1 aromatic rings. The molecule has 0 aliphatic heterocycles. The minimum Gasteiger partial charge on any atom is -0.349 e. The molecule has 0 aromatic heterocycles. The van der Waals surface area contributed by atoms with E-state index >= 15 is 0 Å². The van der Waals surface area contributed by atoms with E-state index in [0.717, 1.165) is 38.5 Å². The number of rotatable bonds is 3. The first-order valence-electron chi connectivity index (χ1n) is 7.88. The Kier molecular flexibility index (Phi) is 4.06. The third-order valence-electron chi connectivity index (χ3n) is 4.98. The highest BCUT2D eigenvalue weighted by atomic mass is 16.2. The molecule has 0 spiro atoms. The van der Waals surface area contributed by atoms with Gasteiger partial charge in [-0.1, -0.05) is 30.7 Å². The number of nitrogens with one attached hydrogen (secondary N) is 1. The molecule has 3 nitrogen and oxygen atoms in total. The Balaban J connectivity index is 1.71. The fourth-order valence-corrected chi connectivity index (χ4v) is 3.85. The molecule has 1 fully saturated rings. The minimum atomic E-state index is 0.133. The Morgan fingerprint density at radius 1 is 1.20 bits per heavy atom. The molecule has 1 saturated carbocycles. The molecule has 3 rings (SSSR count). The number of nitrogens with two attached hydrogens (primary N) is 1. The smallest absolute Gasteiger partial charge is 0.223 e. The first kappa shape index (κ1) is 13.6. The zero-order valence-corrected chi connectivity index (χ0v) is 12.0. The summed E-state index contributed by atoms with van der Waals surface area (Å²) >= 11 is 0. The Morgan fingerprint density at radius 2 is 2.05 bits per heavy atom. The molecular weight excluding hydrogens is 248 g/mol. The van der Waals surface area contributed by atoms with E-state index in [1.807, 2.05) is 0 Å². The number of amides is 1. The molecule has 0 bridgehead atoms. The van der Waals surface area contributed by atoms with Gasteiger partial charge in [0.15, 0.2) is 0 Å². The molecule has 1 amide bonds. The van der Waals surface area contributed by atoms with Gasteiger partial charge in [-0.25, -0.2) is 0 Å². The van der Waals surface area contributed by atoms with Crippen molar-refractivity contribution < 1.29 is 4.79 Å². The number of benzene rings is 1. The van der Waals surface area contributed by atoms with Crippen molar-refractivity contribution in [2.24, 2.45) is 17.6 Å². The van der Waals surface area contributed by atoms with Crippen molar-refractivity contribution in [3.63, 3.8) is 0 Å². The van der Waals surface area contributed by atoms with Gasteiger partial charge in [0.25, 0.3) is 0 Å². The highest BCUT2D eigenvalue weighted by Gasteiger charge is 2.33. The number of hydrogen-bond donors (Lipinski definition) is 2. The molecule has 20 heavy (non-hydrogen) atoms. The second kappa shape index (κ2) is 5.96. The van der Waals surface area contributed by atoms with Crippen LogP contribution in [0.1, 0.15) is 49.3 Å². The van der Waals surface area contributed by atoms with Gasteiger partial charge in [-0.3, -0.25) is 4.79 Å². The highest BCUT2D eigenvalue weighted by molar-refractivity contribution is 5.79. The fourth-order valence-electron chi connectivity index (χ4n) is 3.85. The van der Waals surface area contributed by atoms with Crippen LogP contribution in [0.15, 0.2) is 24.3 Å². The van der Waals surface area contributed by atoms with Crippen molar-refractivity contribution >= 4 is 5.91 Å². The van der Waals surface area contributed by atoms with Gasteiger partial charge in [0, 0.05) is 5.92 Å². The van der Waals surface area contributed by atoms with Crippen LogP contribution in [-0.4, -0.2) is 12.5 Å². The van der Waals surface area contributed by atoms with Crippen molar-refractivity contribution in [2.75, 3.05) is 6.54 Å². The van der Waals surface area contributed by atoms with Gasteiger partial charge in [0.1, 0.15) is 0 Å². The van der Waals surface area contributed by atoms with Crippen molar-refractivity contribution in [2.45, 2.75) is 44.6 Å². The quantitative estimate of drug-likeness (QED) is 0.888. The summed E-state index contributed by atoms with van der Waals surface area (Å²) in [4.78, 5) is 12.5. The van der Waals surface area contributed by atoms with Crippen LogP contribution in [0.5, 0.6) is 0 Å². The lowest BCUT2D eigenvalue weighted by molar-refractivity contribution is -0.126. The third-order valence-corrected chi connectivity index (χ3v) is 4.98. The maximum Gasteiger partial charge on any atom is 0.223 e. The zero-order chi connectivity index (χ0) is 13.9. The van der Waals surface area contributed by atoms with E-state index in [4.69, 9.17) is 5.73 Å². The zero-order valence-electron chi connectivity index (χ0n) is 12.0. The molecule has 3 N–H and O–H groups in total. The van der Waals surface area contributed by atoms with Crippen LogP contribution in [-0.2, 0) is 11.2 Å². The number of carbonyl (C=O) groups excluding carboxylic acids is 1. The fraction of sp³-hybridized carbons (Fsp3) is 0.588. The van der Waals surface area contributed by atoms with Gasteiger partial charge in [0.05, 0.1) is 6.04 Å². The largest absolute Gasteiger partial charge is 0.349 e. The van der Waals surface area contributed by atoms with Gasteiger partial charge in [-0.2, -0.15) is 0 Å². The summed E-state index contributed by atoms with van der Waals surface area (Å²) in [5.74, 6) is 0.738. The molecular formula is C17H24N2O. The maximum atomic E-state index is 12.5. The van der Waals surface area contributed by atoms with Crippen LogP contribution >= 0.6 is 0 Å². The lowest BCUT2D eigenvalue weighted by Crippen LogP contribution is -2.38. The van der Waals surface area contributed by atoms with Gasteiger partial charge >= 0.3 is 0 Å². The lowest BCUT2D eigenvalue weighted by Gasteiger charge is -2.28. The number of carbonyl (C=O) groups is 1. The Bertz CT molecular complexity index is 486. The molecule has 0 heterocycles. The number of aryl methyl sites for hydroxylation is 1. The summed E-state index contributed by atoms with van der Waals surface area (Å²) in [6.45, 7) is 0.638. The van der Waals surface area contributed by atoms with Crippen LogP contribution in [0, 0.1) is 11.8 Å². The normalized spacial score (nSPS) is 28.9. The van der Waals surface area contributed by atoms with Crippen molar-refractivity contribution in [3.8, 4) is 0 Å². The average molecular weight is 272 g/mol. The van der Waals surface area contributed by atoms with E-state index in [2.05, 4.69) is 29.6 Å². The molecule has 1 aromatic carbocycles. The molecule has 0 radical (unpaired) electrons. The van der Waals surface area contributed by atoms with Crippen LogP contribution in [0.25, 0.3) is 0 Å². The van der Waals surface area contributed by atoms with E-state index in [1.54, 1.807) is 0 Å². The topological polar surface area (TPSA) is 55.1 Å². The molecule has 0 saturated heterocycles. The second-order valence-electron chi connectivity index (χ2n) is 6.19. The molecule has 3 heteroatoms. The van der Waals surface area contributed by atoms with E-state index in [9.17, 15) is 4.79 Å². The molecule has 3 atom stereocenters. The summed E-state index contributed by atoms with van der Waals surface area (Å²) in [6, 6.07) is 8.71. The van der Waals surface area contributed by atoms with Crippen molar-refractivity contribution in [1.82, 2.24) is 5.32 Å². The second-order valence-corrected chi connectivity index (χ2v) is 6.19. The summed E-state index contributed by atoms with van der Waals surface area (Å²) in [7, 11) is 0. The predicted octanol–water partition coefficient (Wildman–Crippen LogP) is 2.56. The Labute approximate surface area is 120 Å². The van der Waals surface area contributed by atoms with Crippen LogP contribution in [0.4, 0.5) is 0 Å². The molecule has 2 aliphatic carbocycles. The SMILES string of the molecule is NCC1CCCC1C(=O)NC1CCCc2ccccc21. The monoisotopic (exact) mass is 272 g/mol. The summed E-state index contributed by atoms with van der Waals surface area (Å²) in [5.41, 5.74) is 8.50. The first-order valence-corrected chi connectivity index (χ1v) is 7.88. The van der Waals surface area contributed by atoms with Gasteiger partial charge in [-0.15, -0.1) is 0 Å². The van der Waals surface area contributed by atoms with E-state index in [0.29, 0.717) is 12.5 Å². The van der Waals surface area contributed by atoms with E-state index in [-0.39, 0.29) is 17.9 Å².